The average Bonchev–Trinajstić information content (AvgIpc) is 2.94. The second-order valence-corrected chi connectivity index (χ2v) is 5.44. The van der Waals surface area contributed by atoms with Crippen molar-refractivity contribution in [3.05, 3.63) is 18.6 Å². The Bertz CT molecular complexity index is 554. The maximum Gasteiger partial charge on any atom is 0.305 e. The number of carboxylic acids is 1. The van der Waals surface area contributed by atoms with E-state index in [1.165, 1.54) is 12.5 Å². The summed E-state index contributed by atoms with van der Waals surface area (Å²) in [6.45, 7) is 5.88. The van der Waals surface area contributed by atoms with Crippen LogP contribution in [0.1, 0.15) is 33.2 Å². The Morgan fingerprint density at radius 3 is 2.79 bits per heavy atom. The predicted molar refractivity (Wildman–Crippen MR) is 66.3 cm³/mol. The van der Waals surface area contributed by atoms with Crippen molar-refractivity contribution in [2.75, 3.05) is 0 Å². The molecule has 19 heavy (non-hydrogen) atoms. The quantitative estimate of drug-likeness (QED) is 0.907. The van der Waals surface area contributed by atoms with Crippen LogP contribution in [0.5, 0.6) is 0 Å². The van der Waals surface area contributed by atoms with Crippen LogP contribution >= 0.6 is 0 Å². The van der Waals surface area contributed by atoms with Gasteiger partial charge in [-0.15, -0.1) is 5.10 Å². The molecule has 2 aromatic rings. The molecule has 1 unspecified atom stereocenters. The number of aromatic nitrogens is 4. The first-order valence-electron chi connectivity index (χ1n) is 5.92. The highest BCUT2D eigenvalue weighted by atomic mass is 16.4. The lowest BCUT2D eigenvalue weighted by Gasteiger charge is -2.29. The molecule has 0 aliphatic heterocycles. The molecule has 7 nitrogen and oxygen atoms in total. The summed E-state index contributed by atoms with van der Waals surface area (Å²) in [5.41, 5.74) is 0.441. The van der Waals surface area contributed by atoms with E-state index in [2.05, 4.69) is 15.5 Å². The third-order valence-electron chi connectivity index (χ3n) is 2.94. The monoisotopic (exact) mass is 264 g/mol. The number of carbonyl (C=O) groups is 1. The lowest BCUT2D eigenvalue weighted by molar-refractivity contribution is -0.138. The van der Waals surface area contributed by atoms with Gasteiger partial charge in [-0.3, -0.25) is 4.79 Å². The maximum atomic E-state index is 11.0. The van der Waals surface area contributed by atoms with Crippen LogP contribution in [0.15, 0.2) is 23.0 Å². The summed E-state index contributed by atoms with van der Waals surface area (Å²) in [5, 5.41) is 20.6. The first kappa shape index (κ1) is 13.3. The number of hydrogen-bond donors (Lipinski definition) is 1. The Labute approximate surface area is 110 Å². The minimum Gasteiger partial charge on any atom is -0.481 e. The van der Waals surface area contributed by atoms with E-state index in [9.17, 15) is 4.79 Å². The van der Waals surface area contributed by atoms with Crippen LogP contribution in [0.4, 0.5) is 0 Å². The van der Waals surface area contributed by atoms with Gasteiger partial charge in [0, 0.05) is 0 Å². The Kier molecular flexibility index (Phi) is 3.37. The van der Waals surface area contributed by atoms with Crippen LogP contribution < -0.4 is 0 Å². The number of tetrazole rings is 1. The summed E-state index contributed by atoms with van der Waals surface area (Å²) in [6, 6.07) is 1.40. The van der Waals surface area contributed by atoms with E-state index >= 15 is 0 Å². The van der Waals surface area contributed by atoms with Crippen LogP contribution in [0.3, 0.4) is 0 Å². The molecule has 0 spiro atoms. The van der Waals surface area contributed by atoms with E-state index in [0.717, 1.165) is 5.56 Å². The Hall–Kier alpha value is -2.18. The standard InChI is InChI=1S/C12H16N4O3/c1-12(2,3)9(6-10(17)18)16-11(13-14-15-16)8-4-5-19-7-8/h4-5,7,9H,6H2,1-3H3,(H,17,18). The molecule has 0 fully saturated rings. The van der Waals surface area contributed by atoms with Gasteiger partial charge in [0.15, 0.2) is 5.82 Å². The van der Waals surface area contributed by atoms with Gasteiger partial charge in [0.25, 0.3) is 0 Å². The zero-order valence-electron chi connectivity index (χ0n) is 11.1. The molecule has 0 aromatic carbocycles. The minimum absolute atomic E-state index is 0.0423. The third kappa shape index (κ3) is 2.81. The van der Waals surface area contributed by atoms with E-state index in [0.29, 0.717) is 5.82 Å². The van der Waals surface area contributed by atoms with Crippen LogP contribution in [0.25, 0.3) is 11.4 Å². The van der Waals surface area contributed by atoms with Gasteiger partial charge >= 0.3 is 5.97 Å². The molecule has 0 aliphatic carbocycles. The summed E-state index contributed by atoms with van der Waals surface area (Å²) in [5.74, 6) is -0.372. The zero-order valence-corrected chi connectivity index (χ0v) is 11.1. The van der Waals surface area contributed by atoms with Gasteiger partial charge in [-0.25, -0.2) is 4.68 Å². The van der Waals surface area contributed by atoms with E-state index in [1.807, 2.05) is 20.8 Å². The zero-order chi connectivity index (χ0) is 14.0. The second kappa shape index (κ2) is 4.83. The number of rotatable bonds is 4. The molecular formula is C12H16N4O3. The van der Waals surface area contributed by atoms with Crippen molar-refractivity contribution in [2.45, 2.75) is 33.2 Å². The molecule has 0 bridgehead atoms. The Balaban J connectivity index is 2.43. The molecule has 2 rings (SSSR count). The molecule has 2 aromatic heterocycles. The number of aliphatic carboxylic acids is 1. The SMILES string of the molecule is CC(C)(C)C(CC(=O)O)n1nnnc1-c1ccoc1. The first-order valence-corrected chi connectivity index (χ1v) is 5.92. The van der Waals surface area contributed by atoms with Crippen molar-refractivity contribution in [1.29, 1.82) is 0 Å². The topological polar surface area (TPSA) is 94.0 Å². The maximum absolute atomic E-state index is 11.0. The van der Waals surface area contributed by atoms with Crippen LogP contribution in [0, 0.1) is 5.41 Å². The highest BCUT2D eigenvalue weighted by molar-refractivity contribution is 5.67. The van der Waals surface area contributed by atoms with Crippen LogP contribution in [0.2, 0.25) is 0 Å². The molecule has 7 heteroatoms. The van der Waals surface area contributed by atoms with Crippen molar-refractivity contribution in [3.8, 4) is 11.4 Å². The number of carboxylic acid groups (broad SMARTS) is 1. The van der Waals surface area contributed by atoms with Crippen molar-refractivity contribution >= 4 is 5.97 Å². The normalized spacial score (nSPS) is 13.4. The molecular weight excluding hydrogens is 248 g/mol. The fourth-order valence-electron chi connectivity index (χ4n) is 1.91. The second-order valence-electron chi connectivity index (χ2n) is 5.44. The van der Waals surface area contributed by atoms with E-state index < -0.39 is 5.97 Å². The molecule has 2 heterocycles. The van der Waals surface area contributed by atoms with Crippen molar-refractivity contribution in [1.82, 2.24) is 20.2 Å². The fourth-order valence-corrected chi connectivity index (χ4v) is 1.91. The van der Waals surface area contributed by atoms with Gasteiger partial charge in [-0.2, -0.15) is 0 Å². The molecule has 102 valence electrons. The number of hydrogen-bond acceptors (Lipinski definition) is 5. The summed E-state index contributed by atoms with van der Waals surface area (Å²) < 4.78 is 6.57. The van der Waals surface area contributed by atoms with Crippen molar-refractivity contribution in [3.63, 3.8) is 0 Å². The summed E-state index contributed by atoms with van der Waals surface area (Å²) in [4.78, 5) is 11.0. The summed E-state index contributed by atoms with van der Waals surface area (Å²) in [6.07, 6.45) is 3.01. The average molecular weight is 264 g/mol. The van der Waals surface area contributed by atoms with E-state index in [4.69, 9.17) is 9.52 Å². The van der Waals surface area contributed by atoms with Crippen LogP contribution in [-0.2, 0) is 4.79 Å². The van der Waals surface area contributed by atoms with Gasteiger partial charge in [0.05, 0.1) is 24.3 Å². The molecule has 0 radical (unpaired) electrons. The molecule has 0 saturated carbocycles. The largest absolute Gasteiger partial charge is 0.481 e. The molecule has 1 N–H and O–H groups in total. The van der Waals surface area contributed by atoms with E-state index in [-0.39, 0.29) is 17.9 Å². The van der Waals surface area contributed by atoms with Gasteiger partial charge in [0.1, 0.15) is 6.26 Å². The summed E-state index contributed by atoms with van der Waals surface area (Å²) in [7, 11) is 0. The molecule has 0 amide bonds. The van der Waals surface area contributed by atoms with Gasteiger partial charge < -0.3 is 9.52 Å². The van der Waals surface area contributed by atoms with Crippen molar-refractivity contribution in [2.24, 2.45) is 5.41 Å². The number of nitrogens with zero attached hydrogens (tertiary/aromatic N) is 4. The highest BCUT2D eigenvalue weighted by Gasteiger charge is 2.32. The molecule has 0 saturated heterocycles. The Morgan fingerprint density at radius 2 is 2.26 bits per heavy atom. The van der Waals surface area contributed by atoms with Crippen LogP contribution in [-0.4, -0.2) is 31.3 Å². The third-order valence-corrected chi connectivity index (χ3v) is 2.94. The predicted octanol–water partition coefficient (Wildman–Crippen LogP) is 1.99. The van der Waals surface area contributed by atoms with Gasteiger partial charge in [-0.05, 0) is 21.9 Å². The smallest absolute Gasteiger partial charge is 0.305 e. The lowest BCUT2D eigenvalue weighted by Crippen LogP contribution is -2.28. The molecule has 0 aliphatic rings. The minimum atomic E-state index is -0.881. The highest BCUT2D eigenvalue weighted by Crippen LogP contribution is 2.35. The Morgan fingerprint density at radius 1 is 1.53 bits per heavy atom. The molecule has 1 atom stereocenters. The van der Waals surface area contributed by atoms with E-state index in [1.54, 1.807) is 10.7 Å². The number of furan rings is 1. The van der Waals surface area contributed by atoms with Crippen molar-refractivity contribution < 1.29 is 14.3 Å². The fraction of sp³-hybridized carbons (Fsp3) is 0.500. The first-order chi connectivity index (χ1) is 8.89. The lowest BCUT2D eigenvalue weighted by atomic mass is 9.84. The van der Waals surface area contributed by atoms with Gasteiger partial charge in [0.2, 0.25) is 0 Å². The van der Waals surface area contributed by atoms with Gasteiger partial charge in [-0.1, -0.05) is 20.8 Å². The summed E-state index contributed by atoms with van der Waals surface area (Å²) >= 11 is 0.